The average molecular weight is 512 g/mol. The van der Waals surface area contributed by atoms with Crippen LogP contribution in [0.25, 0.3) is 27.5 Å². The third-order valence-electron chi connectivity index (χ3n) is 6.69. The summed E-state index contributed by atoms with van der Waals surface area (Å²) in [4.78, 5) is 18.2. The highest BCUT2D eigenvalue weighted by atomic mass is 16.5. The Kier molecular flexibility index (Phi) is 6.68. The molecular weight excluding hydrogens is 482 g/mol. The number of anilines is 1. The molecule has 9 nitrogen and oxygen atoms in total. The number of nitrogens with one attached hydrogen (secondary N) is 1. The van der Waals surface area contributed by atoms with Crippen molar-refractivity contribution in [3.8, 4) is 22.9 Å². The molecule has 0 saturated carbocycles. The van der Waals surface area contributed by atoms with Gasteiger partial charge in [-0.05, 0) is 61.0 Å². The molecule has 0 radical (unpaired) electrons. The Morgan fingerprint density at radius 3 is 2.47 bits per heavy atom. The number of pyridine rings is 1. The number of para-hydroxylation sites is 1. The fourth-order valence-corrected chi connectivity index (χ4v) is 4.73. The first kappa shape index (κ1) is 24.0. The molecule has 0 amide bonds. The first-order valence-electron chi connectivity index (χ1n) is 12.8. The van der Waals surface area contributed by atoms with E-state index < -0.39 is 0 Å². The zero-order chi connectivity index (χ0) is 25.9. The van der Waals surface area contributed by atoms with Crippen molar-refractivity contribution in [2.75, 3.05) is 45.2 Å². The van der Waals surface area contributed by atoms with E-state index in [0.717, 1.165) is 61.8 Å². The predicted octanol–water partition coefficient (Wildman–Crippen LogP) is 4.34. The number of nitrogens with zero attached hydrogens (tertiary/aromatic N) is 3. The van der Waals surface area contributed by atoms with Crippen LogP contribution in [0.5, 0.6) is 17.2 Å². The number of H-pyrrole nitrogens is 1. The summed E-state index contributed by atoms with van der Waals surface area (Å²) in [6.07, 6.45) is 0.921. The minimum absolute atomic E-state index is 0.275. The van der Waals surface area contributed by atoms with Crippen molar-refractivity contribution in [2.45, 2.75) is 6.42 Å². The molecule has 5 aromatic rings. The Balaban J connectivity index is 1.25. The number of nitrogen functional groups attached to an aromatic ring is 1. The third-order valence-corrected chi connectivity index (χ3v) is 6.69. The Labute approximate surface area is 219 Å². The zero-order valence-electron chi connectivity index (χ0n) is 20.9. The summed E-state index contributed by atoms with van der Waals surface area (Å²) < 4.78 is 18.9. The van der Waals surface area contributed by atoms with Gasteiger partial charge in [-0.15, -0.1) is 0 Å². The second-order valence-electron chi connectivity index (χ2n) is 9.25. The Morgan fingerprint density at radius 1 is 0.947 bits per heavy atom. The van der Waals surface area contributed by atoms with Crippen molar-refractivity contribution < 1.29 is 14.2 Å². The lowest BCUT2D eigenvalue weighted by molar-refractivity contribution is 0.0358. The van der Waals surface area contributed by atoms with Gasteiger partial charge in [0.1, 0.15) is 34.0 Å². The Bertz CT molecular complexity index is 1610. The van der Waals surface area contributed by atoms with Gasteiger partial charge in [0.05, 0.1) is 31.0 Å². The van der Waals surface area contributed by atoms with Crippen molar-refractivity contribution in [3.63, 3.8) is 0 Å². The minimum atomic E-state index is -0.278. The molecule has 1 saturated heterocycles. The van der Waals surface area contributed by atoms with Gasteiger partial charge in [-0.1, -0.05) is 18.2 Å². The molecule has 1 aliphatic rings. The summed E-state index contributed by atoms with van der Waals surface area (Å²) in [6.45, 7) is 5.10. The maximum atomic E-state index is 12.9. The lowest BCUT2D eigenvalue weighted by Gasteiger charge is -2.26. The highest BCUT2D eigenvalue weighted by Crippen LogP contribution is 2.30. The van der Waals surface area contributed by atoms with Crippen LogP contribution in [0.1, 0.15) is 6.42 Å². The summed E-state index contributed by atoms with van der Waals surface area (Å²) in [5.74, 6) is 2.44. The van der Waals surface area contributed by atoms with Crippen LogP contribution >= 0.6 is 0 Å². The summed E-state index contributed by atoms with van der Waals surface area (Å²) in [6, 6.07) is 22.6. The molecule has 0 bridgehead atoms. The number of hydrogen-bond acceptors (Lipinski definition) is 7. The number of ether oxygens (including phenoxy) is 3. The number of hydrogen-bond donors (Lipinski definition) is 2. The van der Waals surface area contributed by atoms with E-state index in [1.165, 1.54) is 0 Å². The number of nitrogens with two attached hydrogens (primary N) is 1. The molecule has 3 heterocycles. The van der Waals surface area contributed by atoms with Crippen molar-refractivity contribution >= 4 is 27.6 Å². The van der Waals surface area contributed by atoms with E-state index in [1.807, 2.05) is 72.8 Å². The van der Waals surface area contributed by atoms with Gasteiger partial charge >= 0.3 is 0 Å². The Morgan fingerprint density at radius 2 is 1.68 bits per heavy atom. The standard InChI is InChI=1S/C29H29N5O4/c30-28-26-27(32-34(28)20-7-9-22(10-8-20)38-21-5-2-1-3-6-21)24-19-23(11-12-25(24)31-29(26)35)37-16-4-13-33-14-17-36-18-15-33/h1-3,5-12,19H,4,13-18,30H2,(H,31,35). The van der Waals surface area contributed by atoms with Gasteiger partial charge in [-0.25, -0.2) is 4.68 Å². The second-order valence-corrected chi connectivity index (χ2v) is 9.25. The van der Waals surface area contributed by atoms with E-state index >= 15 is 0 Å². The number of aromatic nitrogens is 3. The number of fused-ring (bicyclic) bond motifs is 3. The van der Waals surface area contributed by atoms with E-state index in [-0.39, 0.29) is 11.4 Å². The lowest BCUT2D eigenvalue weighted by Crippen LogP contribution is -2.37. The lowest BCUT2D eigenvalue weighted by atomic mass is 10.1. The summed E-state index contributed by atoms with van der Waals surface area (Å²) >= 11 is 0. The van der Waals surface area contributed by atoms with E-state index in [4.69, 9.17) is 25.0 Å². The van der Waals surface area contributed by atoms with Crippen molar-refractivity contribution in [3.05, 3.63) is 83.2 Å². The van der Waals surface area contributed by atoms with Gasteiger partial charge in [-0.2, -0.15) is 5.10 Å². The smallest absolute Gasteiger partial charge is 0.261 e. The topological polar surface area (TPSA) is 108 Å². The van der Waals surface area contributed by atoms with Crippen molar-refractivity contribution in [1.82, 2.24) is 19.7 Å². The highest BCUT2D eigenvalue weighted by Gasteiger charge is 2.17. The van der Waals surface area contributed by atoms with E-state index in [0.29, 0.717) is 28.8 Å². The summed E-state index contributed by atoms with van der Waals surface area (Å²) in [5, 5.41) is 5.87. The maximum Gasteiger partial charge on any atom is 0.261 e. The van der Waals surface area contributed by atoms with Gasteiger partial charge in [-0.3, -0.25) is 9.69 Å². The summed E-state index contributed by atoms with van der Waals surface area (Å²) in [5.41, 5.74) is 8.09. The molecule has 3 aromatic carbocycles. The van der Waals surface area contributed by atoms with Gasteiger partial charge in [0.15, 0.2) is 0 Å². The summed E-state index contributed by atoms with van der Waals surface area (Å²) in [7, 11) is 0. The molecule has 0 spiro atoms. The van der Waals surface area contributed by atoms with Gasteiger partial charge < -0.3 is 24.9 Å². The van der Waals surface area contributed by atoms with Crippen LogP contribution in [0.2, 0.25) is 0 Å². The van der Waals surface area contributed by atoms with E-state index in [9.17, 15) is 4.79 Å². The van der Waals surface area contributed by atoms with Crippen LogP contribution in [0.3, 0.4) is 0 Å². The third kappa shape index (κ3) is 4.93. The molecule has 0 aliphatic carbocycles. The fraction of sp³-hybridized carbons (Fsp3) is 0.241. The zero-order valence-corrected chi connectivity index (χ0v) is 20.9. The molecular formula is C29H29N5O4. The van der Waals surface area contributed by atoms with Gasteiger partial charge in [0.2, 0.25) is 0 Å². The van der Waals surface area contributed by atoms with Crippen LogP contribution in [-0.4, -0.2) is 59.1 Å². The molecule has 0 unspecified atom stereocenters. The van der Waals surface area contributed by atoms with Gasteiger partial charge in [0, 0.05) is 25.0 Å². The predicted molar refractivity (Wildman–Crippen MR) is 147 cm³/mol. The van der Waals surface area contributed by atoms with Gasteiger partial charge in [0.25, 0.3) is 5.56 Å². The number of benzene rings is 3. The molecule has 1 fully saturated rings. The average Bonchev–Trinajstić information content (AvgIpc) is 3.31. The monoisotopic (exact) mass is 511 g/mol. The highest BCUT2D eigenvalue weighted by molar-refractivity contribution is 6.07. The number of rotatable bonds is 8. The van der Waals surface area contributed by atoms with E-state index in [1.54, 1.807) is 4.68 Å². The van der Waals surface area contributed by atoms with Crippen LogP contribution in [0.15, 0.2) is 77.6 Å². The van der Waals surface area contributed by atoms with Crippen LogP contribution in [0, 0.1) is 0 Å². The van der Waals surface area contributed by atoms with E-state index in [2.05, 4.69) is 9.88 Å². The van der Waals surface area contributed by atoms with Crippen molar-refractivity contribution in [1.29, 1.82) is 0 Å². The molecule has 9 heteroatoms. The maximum absolute atomic E-state index is 12.9. The molecule has 1 aliphatic heterocycles. The molecule has 38 heavy (non-hydrogen) atoms. The van der Waals surface area contributed by atoms with Crippen LogP contribution < -0.4 is 20.8 Å². The molecule has 3 N–H and O–H groups in total. The first-order chi connectivity index (χ1) is 18.7. The largest absolute Gasteiger partial charge is 0.494 e. The number of morpholine rings is 1. The molecule has 0 atom stereocenters. The fourth-order valence-electron chi connectivity index (χ4n) is 4.73. The van der Waals surface area contributed by atoms with Crippen LogP contribution in [0.4, 0.5) is 5.82 Å². The SMILES string of the molecule is Nc1c2c(=O)[nH]c3ccc(OCCCN4CCOCC4)cc3c2nn1-c1ccc(Oc2ccccc2)cc1. The molecule has 194 valence electrons. The molecule has 2 aromatic heterocycles. The second kappa shape index (κ2) is 10.6. The minimum Gasteiger partial charge on any atom is -0.494 e. The van der Waals surface area contributed by atoms with Crippen molar-refractivity contribution in [2.24, 2.45) is 0 Å². The normalized spacial score (nSPS) is 14.2. The first-order valence-corrected chi connectivity index (χ1v) is 12.8. The van der Waals surface area contributed by atoms with Crippen LogP contribution in [-0.2, 0) is 4.74 Å². The quantitative estimate of drug-likeness (QED) is 0.298. The molecule has 6 rings (SSSR count). The number of aromatic amines is 1. The Hall–Kier alpha value is -4.34.